The second kappa shape index (κ2) is 6.47. The van der Waals surface area contributed by atoms with Gasteiger partial charge in [-0.1, -0.05) is 12.1 Å². The highest BCUT2D eigenvalue weighted by Gasteiger charge is 2.06. The number of anilines is 1. The monoisotopic (exact) mass is 286 g/mol. The van der Waals surface area contributed by atoms with Crippen LogP contribution in [0.1, 0.15) is 26.4 Å². The highest BCUT2D eigenvalue weighted by molar-refractivity contribution is 5.91. The van der Waals surface area contributed by atoms with E-state index >= 15 is 0 Å². The van der Waals surface area contributed by atoms with Gasteiger partial charge in [0.15, 0.2) is 5.69 Å². The van der Waals surface area contributed by atoms with Crippen LogP contribution in [0.25, 0.3) is 0 Å². The molecule has 2 rings (SSSR count). The number of carbonyl (C=O) groups is 2. The summed E-state index contributed by atoms with van der Waals surface area (Å²) in [6, 6.07) is 9.80. The van der Waals surface area contributed by atoms with Gasteiger partial charge in [-0.3, -0.25) is 4.79 Å². The largest absolute Gasteiger partial charge is 0.478 e. The number of carboxylic acid groups (broad SMARTS) is 1. The maximum atomic E-state index is 11.3. The van der Waals surface area contributed by atoms with E-state index in [-0.39, 0.29) is 17.2 Å². The van der Waals surface area contributed by atoms with Crippen LogP contribution in [0.4, 0.5) is 5.82 Å². The van der Waals surface area contributed by atoms with Crippen LogP contribution in [0.3, 0.4) is 0 Å². The van der Waals surface area contributed by atoms with E-state index in [2.05, 4.69) is 20.8 Å². The van der Waals surface area contributed by atoms with Gasteiger partial charge in [-0.25, -0.2) is 4.79 Å². The molecule has 0 fully saturated rings. The van der Waals surface area contributed by atoms with Gasteiger partial charge in [-0.2, -0.15) is 0 Å². The topological polar surface area (TPSA) is 104 Å². The number of benzene rings is 1. The molecule has 0 aliphatic heterocycles. The molecule has 0 radical (unpaired) electrons. The summed E-state index contributed by atoms with van der Waals surface area (Å²) in [7, 11) is 1.52. The number of hydrogen-bond donors (Lipinski definition) is 3. The fraction of sp³-hybridized carbons (Fsp3) is 0.143. The number of carboxylic acids is 1. The van der Waals surface area contributed by atoms with Crippen molar-refractivity contribution in [3.05, 3.63) is 53.2 Å². The normalized spacial score (nSPS) is 9.95. The number of aromatic carboxylic acids is 1. The Balaban J connectivity index is 2.01. The molecule has 1 amide bonds. The van der Waals surface area contributed by atoms with Crippen molar-refractivity contribution >= 4 is 17.7 Å². The van der Waals surface area contributed by atoms with Gasteiger partial charge in [-0.05, 0) is 29.8 Å². The lowest BCUT2D eigenvalue weighted by molar-refractivity contribution is 0.0696. The molecule has 0 atom stereocenters. The van der Waals surface area contributed by atoms with Crippen LogP contribution in [0.2, 0.25) is 0 Å². The van der Waals surface area contributed by atoms with Crippen LogP contribution in [-0.2, 0) is 6.54 Å². The second-order valence-electron chi connectivity index (χ2n) is 4.24. The molecule has 0 saturated heterocycles. The average molecular weight is 286 g/mol. The van der Waals surface area contributed by atoms with E-state index in [1.165, 1.54) is 13.1 Å². The molecule has 1 heterocycles. The number of carbonyl (C=O) groups excluding carboxylic acids is 1. The number of nitrogens with one attached hydrogen (secondary N) is 2. The van der Waals surface area contributed by atoms with Gasteiger partial charge in [0.05, 0.1) is 5.56 Å². The molecule has 1 aromatic heterocycles. The Kier molecular flexibility index (Phi) is 4.45. The van der Waals surface area contributed by atoms with Crippen LogP contribution in [0.15, 0.2) is 36.4 Å². The molecule has 1 aromatic carbocycles. The summed E-state index contributed by atoms with van der Waals surface area (Å²) in [5.74, 6) is -0.766. The lowest BCUT2D eigenvalue weighted by Gasteiger charge is -2.06. The van der Waals surface area contributed by atoms with E-state index in [4.69, 9.17) is 5.11 Å². The first-order valence-electron chi connectivity index (χ1n) is 6.22. The number of nitrogens with zero attached hydrogens (tertiary/aromatic N) is 2. The average Bonchev–Trinajstić information content (AvgIpc) is 2.53. The van der Waals surface area contributed by atoms with Crippen molar-refractivity contribution in [3.63, 3.8) is 0 Å². The highest BCUT2D eigenvalue weighted by Crippen LogP contribution is 2.08. The molecule has 0 unspecified atom stereocenters. The molecular weight excluding hydrogens is 272 g/mol. The third kappa shape index (κ3) is 3.75. The summed E-state index contributed by atoms with van der Waals surface area (Å²) in [5.41, 5.74) is 1.28. The van der Waals surface area contributed by atoms with Crippen LogP contribution in [-0.4, -0.2) is 34.2 Å². The van der Waals surface area contributed by atoms with Gasteiger partial charge >= 0.3 is 5.97 Å². The summed E-state index contributed by atoms with van der Waals surface area (Å²) in [6.45, 7) is 0.412. The zero-order valence-corrected chi connectivity index (χ0v) is 11.3. The maximum absolute atomic E-state index is 11.3. The lowest BCUT2D eigenvalue weighted by atomic mass is 10.1. The SMILES string of the molecule is CNC(=O)c1ccc(NCc2cccc(C(=O)O)c2)nn1. The highest BCUT2D eigenvalue weighted by atomic mass is 16.4. The molecule has 108 valence electrons. The van der Waals surface area contributed by atoms with Gasteiger partial charge < -0.3 is 15.7 Å². The third-order valence-electron chi connectivity index (χ3n) is 2.77. The number of hydrogen-bond acceptors (Lipinski definition) is 5. The second-order valence-corrected chi connectivity index (χ2v) is 4.24. The molecular formula is C14H14N4O3. The number of amides is 1. The minimum absolute atomic E-state index is 0.232. The van der Waals surface area contributed by atoms with Crippen LogP contribution in [0.5, 0.6) is 0 Å². The molecule has 7 nitrogen and oxygen atoms in total. The molecule has 7 heteroatoms. The molecule has 3 N–H and O–H groups in total. The van der Waals surface area contributed by atoms with E-state index in [9.17, 15) is 9.59 Å². The fourth-order valence-corrected chi connectivity index (χ4v) is 1.68. The zero-order chi connectivity index (χ0) is 15.2. The maximum Gasteiger partial charge on any atom is 0.335 e. The molecule has 21 heavy (non-hydrogen) atoms. The molecule has 2 aromatic rings. The van der Waals surface area contributed by atoms with Crippen molar-refractivity contribution in [1.29, 1.82) is 0 Å². The van der Waals surface area contributed by atoms with Crippen molar-refractivity contribution in [3.8, 4) is 0 Å². The standard InChI is InChI=1S/C14H14N4O3/c1-15-13(19)11-5-6-12(18-17-11)16-8-9-3-2-4-10(7-9)14(20)21/h2-7H,8H2,1H3,(H,15,19)(H,16,18)(H,20,21). The van der Waals surface area contributed by atoms with E-state index in [1.54, 1.807) is 24.3 Å². The lowest BCUT2D eigenvalue weighted by Crippen LogP contribution is -2.19. The molecule has 0 aliphatic rings. The van der Waals surface area contributed by atoms with Gasteiger partial charge in [-0.15, -0.1) is 10.2 Å². The Morgan fingerprint density at radius 2 is 2.00 bits per heavy atom. The molecule has 0 spiro atoms. The number of aromatic nitrogens is 2. The third-order valence-corrected chi connectivity index (χ3v) is 2.77. The van der Waals surface area contributed by atoms with E-state index in [1.807, 2.05) is 6.07 Å². The van der Waals surface area contributed by atoms with Crippen molar-refractivity contribution in [2.75, 3.05) is 12.4 Å². The van der Waals surface area contributed by atoms with E-state index < -0.39 is 5.97 Å². The summed E-state index contributed by atoms with van der Waals surface area (Å²) >= 11 is 0. The first-order valence-corrected chi connectivity index (χ1v) is 6.22. The van der Waals surface area contributed by atoms with E-state index in [0.717, 1.165) is 5.56 Å². The van der Waals surface area contributed by atoms with Crippen molar-refractivity contribution in [1.82, 2.24) is 15.5 Å². The quantitative estimate of drug-likeness (QED) is 0.761. The van der Waals surface area contributed by atoms with Crippen molar-refractivity contribution in [2.45, 2.75) is 6.54 Å². The molecule has 0 aliphatic carbocycles. The zero-order valence-electron chi connectivity index (χ0n) is 11.3. The summed E-state index contributed by atoms with van der Waals surface area (Å²) in [6.07, 6.45) is 0. The summed E-state index contributed by atoms with van der Waals surface area (Å²) in [5, 5.41) is 22.1. The smallest absolute Gasteiger partial charge is 0.335 e. The Hall–Kier alpha value is -2.96. The summed E-state index contributed by atoms with van der Waals surface area (Å²) in [4.78, 5) is 22.2. The predicted octanol–water partition coefficient (Wildman–Crippen LogP) is 1.15. The summed E-state index contributed by atoms with van der Waals surface area (Å²) < 4.78 is 0. The van der Waals surface area contributed by atoms with Crippen LogP contribution >= 0.6 is 0 Å². The van der Waals surface area contributed by atoms with Gasteiger partial charge in [0.2, 0.25) is 0 Å². The van der Waals surface area contributed by atoms with Crippen LogP contribution < -0.4 is 10.6 Å². The fourth-order valence-electron chi connectivity index (χ4n) is 1.68. The minimum Gasteiger partial charge on any atom is -0.478 e. The first kappa shape index (κ1) is 14.4. The first-order chi connectivity index (χ1) is 10.1. The Morgan fingerprint density at radius 3 is 2.62 bits per heavy atom. The predicted molar refractivity (Wildman–Crippen MR) is 76.2 cm³/mol. The van der Waals surface area contributed by atoms with Gasteiger partial charge in [0.1, 0.15) is 5.82 Å². The Morgan fingerprint density at radius 1 is 1.19 bits per heavy atom. The Bertz CT molecular complexity index is 656. The van der Waals surface area contributed by atoms with Crippen molar-refractivity contribution in [2.24, 2.45) is 0 Å². The van der Waals surface area contributed by atoms with Crippen molar-refractivity contribution < 1.29 is 14.7 Å². The Labute approximate surface area is 121 Å². The molecule has 0 bridgehead atoms. The van der Waals surface area contributed by atoms with Crippen LogP contribution in [0, 0.1) is 0 Å². The van der Waals surface area contributed by atoms with E-state index in [0.29, 0.717) is 12.4 Å². The molecule has 0 saturated carbocycles. The van der Waals surface area contributed by atoms with Gasteiger partial charge in [0, 0.05) is 13.6 Å². The minimum atomic E-state index is -0.966. The number of rotatable bonds is 5. The van der Waals surface area contributed by atoms with Gasteiger partial charge in [0.25, 0.3) is 5.91 Å².